The van der Waals surface area contributed by atoms with Gasteiger partial charge in [-0.05, 0) is 31.2 Å². The zero-order chi connectivity index (χ0) is 21.0. The SMILES string of the molecule is COc1ccccc1N=C1S[C@H](CC(=O)Nc2cccc(C(C)=O)c2)C(=O)N1C. The van der Waals surface area contributed by atoms with Crippen LogP contribution in [0, 0.1) is 0 Å². The van der Waals surface area contributed by atoms with E-state index in [-0.39, 0.29) is 24.0 Å². The molecule has 1 atom stereocenters. The fourth-order valence-corrected chi connectivity index (χ4v) is 3.97. The molecule has 1 heterocycles. The molecule has 2 aromatic rings. The third-order valence-corrected chi connectivity index (χ3v) is 5.59. The summed E-state index contributed by atoms with van der Waals surface area (Å²) in [7, 11) is 3.20. The molecule has 2 amide bonds. The number of aliphatic imine (C=N–C) groups is 1. The Hall–Kier alpha value is -3.13. The van der Waals surface area contributed by atoms with Gasteiger partial charge in [0.25, 0.3) is 0 Å². The number of thioether (sulfide) groups is 1. The molecule has 0 saturated carbocycles. The summed E-state index contributed by atoms with van der Waals surface area (Å²) in [5.74, 6) is 0.0363. The average molecular weight is 411 g/mol. The van der Waals surface area contributed by atoms with Gasteiger partial charge < -0.3 is 10.1 Å². The number of carbonyl (C=O) groups is 3. The van der Waals surface area contributed by atoms with Crippen LogP contribution in [0.3, 0.4) is 0 Å². The minimum absolute atomic E-state index is 0.00306. The fourth-order valence-electron chi connectivity index (χ4n) is 2.82. The predicted octanol–water partition coefficient (Wildman–Crippen LogP) is 3.49. The number of benzene rings is 2. The topological polar surface area (TPSA) is 88.1 Å². The highest BCUT2D eigenvalue weighted by Gasteiger charge is 2.37. The number of anilines is 1. The second-order valence-corrected chi connectivity index (χ2v) is 7.63. The van der Waals surface area contributed by atoms with Gasteiger partial charge in [-0.1, -0.05) is 36.0 Å². The molecule has 0 spiro atoms. The second-order valence-electron chi connectivity index (χ2n) is 6.46. The largest absolute Gasteiger partial charge is 0.494 e. The number of ether oxygens (including phenoxy) is 1. The Morgan fingerprint density at radius 3 is 2.69 bits per heavy atom. The van der Waals surface area contributed by atoms with Gasteiger partial charge in [-0.25, -0.2) is 4.99 Å². The molecule has 0 aliphatic carbocycles. The lowest BCUT2D eigenvalue weighted by molar-refractivity contribution is -0.127. The van der Waals surface area contributed by atoms with E-state index in [0.29, 0.717) is 27.9 Å². The summed E-state index contributed by atoms with van der Waals surface area (Å²) in [6.45, 7) is 1.47. The van der Waals surface area contributed by atoms with Gasteiger partial charge in [0, 0.05) is 24.7 Å². The molecule has 0 radical (unpaired) electrons. The molecule has 7 nitrogen and oxygen atoms in total. The minimum Gasteiger partial charge on any atom is -0.494 e. The van der Waals surface area contributed by atoms with E-state index in [1.165, 1.54) is 23.6 Å². The number of hydrogen-bond acceptors (Lipinski definition) is 6. The summed E-state index contributed by atoms with van der Waals surface area (Å²) in [6, 6.07) is 14.0. The molecule has 0 unspecified atom stereocenters. The molecule has 0 aromatic heterocycles. The van der Waals surface area contributed by atoms with E-state index in [1.54, 1.807) is 50.6 Å². The summed E-state index contributed by atoms with van der Waals surface area (Å²) in [5, 5.41) is 2.69. The second kappa shape index (κ2) is 8.91. The average Bonchev–Trinajstić information content (AvgIpc) is 2.96. The summed E-state index contributed by atoms with van der Waals surface area (Å²) in [6.07, 6.45) is 0.00306. The first-order valence-corrected chi connectivity index (χ1v) is 9.84. The number of ketones is 1. The van der Waals surface area contributed by atoms with Gasteiger partial charge in [-0.15, -0.1) is 0 Å². The third-order valence-electron chi connectivity index (χ3n) is 4.37. The van der Waals surface area contributed by atoms with Crippen molar-refractivity contribution in [3.05, 3.63) is 54.1 Å². The Kier molecular flexibility index (Phi) is 6.33. The summed E-state index contributed by atoms with van der Waals surface area (Å²) >= 11 is 1.24. The number of hydrogen-bond donors (Lipinski definition) is 1. The van der Waals surface area contributed by atoms with Crippen LogP contribution in [-0.4, -0.2) is 47.1 Å². The van der Waals surface area contributed by atoms with Gasteiger partial charge in [0.1, 0.15) is 16.7 Å². The number of rotatable bonds is 6. The fraction of sp³-hybridized carbons (Fsp3) is 0.238. The van der Waals surface area contributed by atoms with Gasteiger partial charge in [0.2, 0.25) is 11.8 Å². The highest BCUT2D eigenvalue weighted by molar-refractivity contribution is 8.15. The Balaban J connectivity index is 1.70. The van der Waals surface area contributed by atoms with Crippen molar-refractivity contribution in [3.8, 4) is 5.75 Å². The lowest BCUT2D eigenvalue weighted by atomic mass is 10.1. The molecule has 1 aliphatic rings. The van der Waals surface area contributed by atoms with Crippen molar-refractivity contribution >= 4 is 45.9 Å². The first-order chi connectivity index (χ1) is 13.9. The Morgan fingerprint density at radius 2 is 1.97 bits per heavy atom. The van der Waals surface area contributed by atoms with Crippen LogP contribution in [0.5, 0.6) is 5.75 Å². The highest BCUT2D eigenvalue weighted by atomic mass is 32.2. The molecule has 1 fully saturated rings. The molecular formula is C21H21N3O4S. The molecule has 2 aromatic carbocycles. The quantitative estimate of drug-likeness (QED) is 0.735. The van der Waals surface area contributed by atoms with Crippen LogP contribution >= 0.6 is 11.8 Å². The van der Waals surface area contributed by atoms with Gasteiger partial charge in [-0.2, -0.15) is 0 Å². The number of carbonyl (C=O) groups excluding carboxylic acids is 3. The maximum atomic E-state index is 12.6. The molecule has 0 bridgehead atoms. The maximum Gasteiger partial charge on any atom is 0.242 e. The van der Waals surface area contributed by atoms with E-state index < -0.39 is 5.25 Å². The number of amidine groups is 1. The standard InChI is InChI=1S/C21H21N3O4S/c1-13(25)14-7-6-8-15(11-14)22-19(26)12-18-20(27)24(2)21(29-18)23-16-9-4-5-10-17(16)28-3/h4-11,18H,12H2,1-3H3,(H,22,26)/t18-/m1/s1. The first-order valence-electron chi connectivity index (χ1n) is 8.96. The molecule has 150 valence electrons. The van der Waals surface area contributed by atoms with Crippen molar-refractivity contribution in [3.63, 3.8) is 0 Å². The van der Waals surface area contributed by atoms with Crippen molar-refractivity contribution in [2.75, 3.05) is 19.5 Å². The van der Waals surface area contributed by atoms with Gasteiger partial charge in [0.15, 0.2) is 11.0 Å². The maximum absolute atomic E-state index is 12.6. The van der Waals surface area contributed by atoms with E-state index in [1.807, 2.05) is 12.1 Å². The van der Waals surface area contributed by atoms with Gasteiger partial charge in [-0.3, -0.25) is 19.3 Å². The van der Waals surface area contributed by atoms with Gasteiger partial charge in [0.05, 0.1) is 7.11 Å². The van der Waals surface area contributed by atoms with E-state index in [4.69, 9.17) is 4.74 Å². The zero-order valence-corrected chi connectivity index (χ0v) is 17.2. The van der Waals surface area contributed by atoms with E-state index in [0.717, 1.165) is 0 Å². The van der Waals surface area contributed by atoms with Crippen molar-refractivity contribution in [2.45, 2.75) is 18.6 Å². The van der Waals surface area contributed by atoms with Gasteiger partial charge >= 0.3 is 0 Å². The minimum atomic E-state index is -0.565. The van der Waals surface area contributed by atoms with Crippen molar-refractivity contribution in [2.24, 2.45) is 4.99 Å². The lowest BCUT2D eigenvalue weighted by Crippen LogP contribution is -2.30. The first kappa shape index (κ1) is 20.6. The number of nitrogens with zero attached hydrogens (tertiary/aromatic N) is 2. The van der Waals surface area contributed by atoms with Crippen molar-refractivity contribution in [1.29, 1.82) is 0 Å². The molecule has 8 heteroatoms. The number of Topliss-reactive ketones (excluding diaryl/α,β-unsaturated/α-hetero) is 1. The smallest absolute Gasteiger partial charge is 0.242 e. The van der Waals surface area contributed by atoms with E-state index in [2.05, 4.69) is 10.3 Å². The summed E-state index contributed by atoms with van der Waals surface area (Å²) < 4.78 is 5.29. The van der Waals surface area contributed by atoms with Crippen LogP contribution < -0.4 is 10.1 Å². The number of methoxy groups -OCH3 is 1. The monoisotopic (exact) mass is 411 g/mol. The van der Waals surface area contributed by atoms with Crippen molar-refractivity contribution in [1.82, 2.24) is 4.90 Å². The highest BCUT2D eigenvalue weighted by Crippen LogP contribution is 2.33. The van der Waals surface area contributed by atoms with Crippen LogP contribution in [0.1, 0.15) is 23.7 Å². The predicted molar refractivity (Wildman–Crippen MR) is 114 cm³/mol. The van der Waals surface area contributed by atoms with Crippen LogP contribution in [-0.2, 0) is 9.59 Å². The Bertz CT molecular complexity index is 989. The van der Waals surface area contributed by atoms with E-state index in [9.17, 15) is 14.4 Å². The summed E-state index contributed by atoms with van der Waals surface area (Å²) in [4.78, 5) is 42.4. The molecule has 1 N–H and O–H groups in total. The van der Waals surface area contributed by atoms with Crippen LogP contribution in [0.2, 0.25) is 0 Å². The molecule has 3 rings (SSSR count). The lowest BCUT2D eigenvalue weighted by Gasteiger charge is -2.10. The molecule has 29 heavy (non-hydrogen) atoms. The molecular weight excluding hydrogens is 390 g/mol. The Labute approximate surface area is 173 Å². The van der Waals surface area contributed by atoms with E-state index >= 15 is 0 Å². The molecule has 1 aliphatic heterocycles. The summed E-state index contributed by atoms with van der Waals surface area (Å²) in [5.41, 5.74) is 1.65. The van der Waals surface area contributed by atoms with Crippen LogP contribution in [0.4, 0.5) is 11.4 Å². The number of amides is 2. The number of para-hydroxylation sites is 2. The molecule has 1 saturated heterocycles. The van der Waals surface area contributed by atoms with Crippen LogP contribution in [0.15, 0.2) is 53.5 Å². The third kappa shape index (κ3) is 4.83. The normalized spacial score (nSPS) is 17.5. The Morgan fingerprint density at radius 1 is 1.21 bits per heavy atom. The van der Waals surface area contributed by atoms with Crippen molar-refractivity contribution < 1.29 is 19.1 Å². The zero-order valence-electron chi connectivity index (χ0n) is 16.3. The number of nitrogens with one attached hydrogen (secondary N) is 1. The van der Waals surface area contributed by atoms with Crippen LogP contribution in [0.25, 0.3) is 0 Å².